The van der Waals surface area contributed by atoms with E-state index in [9.17, 15) is 24.3 Å². The van der Waals surface area contributed by atoms with Crippen LogP contribution in [-0.4, -0.2) is 62.8 Å². The van der Waals surface area contributed by atoms with E-state index in [1.807, 2.05) is 0 Å². The van der Waals surface area contributed by atoms with Gasteiger partial charge in [-0.2, -0.15) is 11.8 Å². The Kier molecular flexibility index (Phi) is 7.92. The van der Waals surface area contributed by atoms with Crippen LogP contribution in [0.5, 0.6) is 0 Å². The molecule has 0 rings (SSSR count). The Hall–Kier alpha value is -1.65. The molecule has 5 N–H and O–H groups in total. The number of ether oxygens (including phenoxy) is 1. The van der Waals surface area contributed by atoms with Crippen molar-refractivity contribution in [1.82, 2.24) is 0 Å². The molecular weight excluding hydrogens is 306 g/mol. The van der Waals surface area contributed by atoms with E-state index >= 15 is 0 Å². The summed E-state index contributed by atoms with van der Waals surface area (Å²) in [5.74, 6) is -5.37. The maximum Gasteiger partial charge on any atom is 0.336 e. The molecule has 0 aromatic carbocycles. The Morgan fingerprint density at radius 2 is 1.81 bits per heavy atom. The highest BCUT2D eigenvalue weighted by molar-refractivity contribution is 7.98. The number of carbonyl (C=O) groups excluding carboxylic acids is 2. The first-order chi connectivity index (χ1) is 9.62. The Morgan fingerprint density at radius 1 is 1.24 bits per heavy atom. The van der Waals surface area contributed by atoms with Gasteiger partial charge in [-0.15, -0.1) is 0 Å². The third-order valence-corrected chi connectivity index (χ3v) is 3.07. The molecule has 0 saturated carbocycles. The molecule has 0 aliphatic heterocycles. The highest BCUT2D eigenvalue weighted by Crippen LogP contribution is 2.17. The van der Waals surface area contributed by atoms with E-state index in [4.69, 9.17) is 15.9 Å². The quantitative estimate of drug-likeness (QED) is 0.299. The zero-order valence-corrected chi connectivity index (χ0v) is 12.1. The number of aliphatic carboxylic acids is 2. The number of esters is 2. The molecule has 9 nitrogen and oxygen atoms in total. The van der Waals surface area contributed by atoms with Crippen LogP contribution in [0.3, 0.4) is 0 Å². The van der Waals surface area contributed by atoms with E-state index in [-0.39, 0.29) is 6.42 Å². The molecule has 0 bridgehead atoms. The van der Waals surface area contributed by atoms with Crippen molar-refractivity contribution in [3.8, 4) is 0 Å². The van der Waals surface area contributed by atoms with Gasteiger partial charge in [0.05, 0.1) is 12.8 Å². The third-order valence-electron chi connectivity index (χ3n) is 2.43. The number of hydrogen-bond donors (Lipinski definition) is 4. The Morgan fingerprint density at radius 3 is 2.24 bits per heavy atom. The second-order valence-electron chi connectivity index (χ2n) is 4.27. The Bertz CT molecular complexity index is 426. The Labute approximate surface area is 124 Å². The molecule has 1 unspecified atom stereocenters. The minimum atomic E-state index is -2.84. The van der Waals surface area contributed by atoms with Gasteiger partial charge in [-0.05, 0) is 18.4 Å². The second-order valence-corrected chi connectivity index (χ2v) is 5.25. The van der Waals surface area contributed by atoms with Crippen molar-refractivity contribution in [2.75, 3.05) is 12.0 Å². The van der Waals surface area contributed by atoms with E-state index in [0.29, 0.717) is 5.75 Å². The predicted molar refractivity (Wildman–Crippen MR) is 71.5 cm³/mol. The lowest BCUT2D eigenvalue weighted by molar-refractivity contribution is -0.174. The Balaban J connectivity index is 4.61. The number of carbonyl (C=O) groups is 4. The monoisotopic (exact) mass is 323 g/mol. The first-order valence-corrected chi connectivity index (χ1v) is 7.18. The van der Waals surface area contributed by atoms with Crippen LogP contribution >= 0.6 is 11.8 Å². The minimum Gasteiger partial charge on any atom is -0.481 e. The fourth-order valence-corrected chi connectivity index (χ4v) is 1.78. The molecule has 0 saturated heterocycles. The summed E-state index contributed by atoms with van der Waals surface area (Å²) in [4.78, 5) is 44.1. The van der Waals surface area contributed by atoms with Crippen LogP contribution in [-0.2, 0) is 23.9 Å². The SMILES string of the molecule is CSCC[C@H](N)C(=O)OC(=O)CC(O)(CC(=O)O)C(=O)O. The molecule has 21 heavy (non-hydrogen) atoms. The molecule has 0 fully saturated rings. The standard InChI is InChI=1S/C11H17NO8S/c1-21-3-2-6(12)9(16)20-8(15)5-11(19,10(17)18)4-7(13)14/h6,19H,2-5,12H2,1H3,(H,13,14)(H,17,18)/t6-,11?/m0/s1. The number of thioether (sulfide) groups is 1. The van der Waals surface area contributed by atoms with Gasteiger partial charge in [-0.1, -0.05) is 0 Å². The van der Waals surface area contributed by atoms with Gasteiger partial charge in [0.25, 0.3) is 0 Å². The van der Waals surface area contributed by atoms with Crippen molar-refractivity contribution >= 4 is 35.6 Å². The van der Waals surface area contributed by atoms with Crippen molar-refractivity contribution in [2.24, 2.45) is 5.73 Å². The first-order valence-electron chi connectivity index (χ1n) is 5.79. The second kappa shape index (κ2) is 8.60. The van der Waals surface area contributed by atoms with E-state index < -0.39 is 48.4 Å². The zero-order valence-electron chi connectivity index (χ0n) is 11.3. The van der Waals surface area contributed by atoms with Crippen LogP contribution in [0.25, 0.3) is 0 Å². The van der Waals surface area contributed by atoms with E-state index in [0.717, 1.165) is 0 Å². The van der Waals surface area contributed by atoms with Gasteiger partial charge in [-0.3, -0.25) is 9.59 Å². The number of hydrogen-bond acceptors (Lipinski definition) is 8. The van der Waals surface area contributed by atoms with Crippen molar-refractivity contribution in [1.29, 1.82) is 0 Å². The summed E-state index contributed by atoms with van der Waals surface area (Å²) in [6.45, 7) is 0. The highest BCUT2D eigenvalue weighted by Gasteiger charge is 2.42. The van der Waals surface area contributed by atoms with Crippen LogP contribution in [0, 0.1) is 0 Å². The van der Waals surface area contributed by atoms with Gasteiger partial charge in [0, 0.05) is 0 Å². The van der Waals surface area contributed by atoms with Crippen LogP contribution in [0.2, 0.25) is 0 Å². The van der Waals surface area contributed by atoms with Gasteiger partial charge >= 0.3 is 23.9 Å². The largest absolute Gasteiger partial charge is 0.481 e. The van der Waals surface area contributed by atoms with Crippen LogP contribution in [0.1, 0.15) is 19.3 Å². The van der Waals surface area contributed by atoms with E-state index in [2.05, 4.69) is 4.74 Å². The molecule has 0 spiro atoms. The number of rotatable bonds is 9. The fraction of sp³-hybridized carbons (Fsp3) is 0.636. The van der Waals surface area contributed by atoms with Gasteiger partial charge in [-0.25, -0.2) is 9.59 Å². The zero-order chi connectivity index (χ0) is 16.6. The molecule has 10 heteroatoms. The maximum atomic E-state index is 11.4. The van der Waals surface area contributed by atoms with E-state index in [1.165, 1.54) is 11.8 Å². The maximum absolute atomic E-state index is 11.4. The number of carboxylic acids is 2. The molecule has 0 amide bonds. The lowest BCUT2D eigenvalue weighted by Gasteiger charge is -2.20. The average molecular weight is 323 g/mol. The summed E-state index contributed by atoms with van der Waals surface area (Å²) in [6, 6.07) is -1.06. The molecule has 0 aromatic rings. The number of aliphatic hydroxyl groups is 1. The number of nitrogens with two attached hydrogens (primary N) is 1. The molecule has 0 aliphatic carbocycles. The van der Waals surface area contributed by atoms with Crippen LogP contribution < -0.4 is 5.73 Å². The number of carboxylic acid groups (broad SMARTS) is 2. The smallest absolute Gasteiger partial charge is 0.336 e. The lowest BCUT2D eigenvalue weighted by Crippen LogP contribution is -2.44. The van der Waals surface area contributed by atoms with Crippen LogP contribution in [0.4, 0.5) is 0 Å². The summed E-state index contributed by atoms with van der Waals surface area (Å²) in [5, 5.41) is 26.9. The molecule has 0 aliphatic rings. The fourth-order valence-electron chi connectivity index (χ4n) is 1.29. The molecule has 120 valence electrons. The van der Waals surface area contributed by atoms with Gasteiger partial charge < -0.3 is 25.8 Å². The third kappa shape index (κ3) is 7.06. The summed E-state index contributed by atoms with van der Waals surface area (Å²) < 4.78 is 4.31. The molecule has 0 heterocycles. The first kappa shape index (κ1) is 19.4. The van der Waals surface area contributed by atoms with Gasteiger partial charge in [0.15, 0.2) is 5.60 Å². The normalized spacial score (nSPS) is 14.8. The topological polar surface area (TPSA) is 164 Å². The average Bonchev–Trinajstić information content (AvgIpc) is 2.34. The van der Waals surface area contributed by atoms with Gasteiger partial charge in [0.1, 0.15) is 6.04 Å². The van der Waals surface area contributed by atoms with Gasteiger partial charge in [0.2, 0.25) is 0 Å². The highest BCUT2D eigenvalue weighted by atomic mass is 32.2. The molecular formula is C11H17NO8S. The molecule has 0 aromatic heterocycles. The van der Waals surface area contributed by atoms with Crippen molar-refractivity contribution in [2.45, 2.75) is 30.9 Å². The summed E-state index contributed by atoms with van der Waals surface area (Å²) >= 11 is 1.43. The summed E-state index contributed by atoms with van der Waals surface area (Å²) in [5.41, 5.74) is 2.60. The van der Waals surface area contributed by atoms with Crippen molar-refractivity contribution < 1.29 is 39.2 Å². The van der Waals surface area contributed by atoms with Crippen molar-refractivity contribution in [3.05, 3.63) is 0 Å². The summed E-state index contributed by atoms with van der Waals surface area (Å²) in [6.07, 6.45) is -0.326. The molecule has 0 radical (unpaired) electrons. The van der Waals surface area contributed by atoms with E-state index in [1.54, 1.807) is 6.26 Å². The predicted octanol–water partition coefficient (Wildman–Crippen LogP) is -1.18. The molecule has 2 atom stereocenters. The van der Waals surface area contributed by atoms with Crippen LogP contribution in [0.15, 0.2) is 0 Å². The lowest BCUT2D eigenvalue weighted by atomic mass is 9.96. The van der Waals surface area contributed by atoms with Crippen molar-refractivity contribution in [3.63, 3.8) is 0 Å². The minimum absolute atomic E-state index is 0.256. The summed E-state index contributed by atoms with van der Waals surface area (Å²) in [7, 11) is 0.